The third-order valence-corrected chi connectivity index (χ3v) is 4.83. The Hall–Kier alpha value is -2.95. The van der Waals surface area contributed by atoms with Crippen LogP contribution in [0.25, 0.3) is 22.3 Å². The van der Waals surface area contributed by atoms with Crippen LogP contribution in [-0.2, 0) is 9.59 Å². The molecule has 2 N–H and O–H groups in total. The Morgan fingerprint density at radius 1 is 1.09 bits per heavy atom. The van der Waals surface area contributed by atoms with Gasteiger partial charge in [0, 0.05) is 22.7 Å². The van der Waals surface area contributed by atoms with Crippen molar-refractivity contribution < 1.29 is 9.59 Å². The topological polar surface area (TPSA) is 74.8 Å². The lowest BCUT2D eigenvalue weighted by molar-refractivity contribution is -0.125. The molecule has 0 spiro atoms. The summed E-state index contributed by atoms with van der Waals surface area (Å²) in [5.41, 5.74) is 5.28. The smallest absolute Gasteiger partial charge is 0.235 e. The standard InChI is InChI=1S/C18H13N3O2/c1-8-6-10-13-14(18(23)21-17(13)22)12-9-4-2-3-5-11(9)20-16(12)15(10)19-7-8/h2-7,13-14,20H,1H3,(H,21,22,23). The Morgan fingerprint density at radius 2 is 1.87 bits per heavy atom. The molecule has 2 amide bonds. The lowest BCUT2D eigenvalue weighted by atomic mass is 9.76. The van der Waals surface area contributed by atoms with Crippen molar-refractivity contribution in [2.24, 2.45) is 0 Å². The normalized spacial score (nSPS) is 21.8. The summed E-state index contributed by atoms with van der Waals surface area (Å²) in [4.78, 5) is 32.8. The Kier molecular flexibility index (Phi) is 2.23. The lowest BCUT2D eigenvalue weighted by Gasteiger charge is -2.25. The Bertz CT molecular complexity index is 1020. The molecule has 2 aliphatic rings. The van der Waals surface area contributed by atoms with Crippen LogP contribution >= 0.6 is 0 Å². The van der Waals surface area contributed by atoms with Gasteiger partial charge in [0.05, 0.1) is 23.2 Å². The van der Waals surface area contributed by atoms with Crippen LogP contribution in [0, 0.1) is 6.92 Å². The monoisotopic (exact) mass is 303 g/mol. The van der Waals surface area contributed by atoms with Crippen molar-refractivity contribution in [1.82, 2.24) is 15.3 Å². The highest BCUT2D eigenvalue weighted by molar-refractivity contribution is 6.14. The number of amides is 2. The second-order valence-electron chi connectivity index (χ2n) is 6.22. The predicted octanol–water partition coefficient (Wildman–Crippen LogP) is 2.38. The Balaban J connectivity index is 1.94. The molecule has 1 aliphatic heterocycles. The van der Waals surface area contributed by atoms with E-state index in [9.17, 15) is 9.59 Å². The lowest BCUT2D eigenvalue weighted by Crippen LogP contribution is -2.21. The number of aromatic nitrogens is 2. The molecule has 2 atom stereocenters. The summed E-state index contributed by atoms with van der Waals surface area (Å²) in [5, 5.41) is 3.48. The highest BCUT2D eigenvalue weighted by atomic mass is 16.2. The number of nitrogens with one attached hydrogen (secondary N) is 2. The Labute approximate surface area is 131 Å². The molecule has 1 saturated heterocycles. The largest absolute Gasteiger partial charge is 0.353 e. The SMILES string of the molecule is Cc1cnc2c(c1)C1C(=O)NC(=O)C1c1c-2[nH]c2ccccc12. The molecule has 0 radical (unpaired) electrons. The van der Waals surface area contributed by atoms with Crippen molar-refractivity contribution in [2.75, 3.05) is 0 Å². The number of carbonyl (C=O) groups excluding carboxylic acids is 2. The van der Waals surface area contributed by atoms with Gasteiger partial charge in [-0.15, -0.1) is 0 Å². The van der Waals surface area contributed by atoms with E-state index in [-0.39, 0.29) is 11.8 Å². The van der Waals surface area contributed by atoms with E-state index in [1.807, 2.05) is 37.3 Å². The van der Waals surface area contributed by atoms with E-state index >= 15 is 0 Å². The zero-order valence-electron chi connectivity index (χ0n) is 12.4. The number of nitrogens with zero attached hydrogens (tertiary/aromatic N) is 1. The van der Waals surface area contributed by atoms with Crippen LogP contribution < -0.4 is 5.32 Å². The van der Waals surface area contributed by atoms with Crippen LogP contribution in [0.4, 0.5) is 0 Å². The first-order valence-electron chi connectivity index (χ1n) is 7.57. The molecule has 3 aromatic rings. The van der Waals surface area contributed by atoms with Gasteiger partial charge in [-0.25, -0.2) is 0 Å². The van der Waals surface area contributed by atoms with Crippen LogP contribution in [0.3, 0.4) is 0 Å². The summed E-state index contributed by atoms with van der Waals surface area (Å²) in [6, 6.07) is 9.82. The molecule has 1 aliphatic carbocycles. The number of aromatic amines is 1. The van der Waals surface area contributed by atoms with Crippen molar-refractivity contribution in [3.63, 3.8) is 0 Å². The molecular weight excluding hydrogens is 290 g/mol. The molecule has 2 aromatic heterocycles. The van der Waals surface area contributed by atoms with Gasteiger partial charge in [-0.3, -0.25) is 19.9 Å². The summed E-state index contributed by atoms with van der Waals surface area (Å²) in [5.74, 6) is -1.43. The number of H-pyrrole nitrogens is 1. The molecule has 2 unspecified atom stereocenters. The zero-order chi connectivity index (χ0) is 15.7. The maximum absolute atomic E-state index is 12.5. The third-order valence-electron chi connectivity index (χ3n) is 4.83. The molecule has 1 fully saturated rings. The number of pyridine rings is 1. The first-order chi connectivity index (χ1) is 11.1. The van der Waals surface area contributed by atoms with Crippen LogP contribution in [0.15, 0.2) is 36.5 Å². The van der Waals surface area contributed by atoms with E-state index < -0.39 is 11.8 Å². The van der Waals surface area contributed by atoms with Gasteiger partial charge in [0.25, 0.3) is 0 Å². The molecule has 5 rings (SSSR count). The van der Waals surface area contributed by atoms with Gasteiger partial charge in [-0.2, -0.15) is 0 Å². The molecule has 5 nitrogen and oxygen atoms in total. The fourth-order valence-electron chi connectivity index (χ4n) is 3.91. The second kappa shape index (κ2) is 4.07. The molecule has 5 heteroatoms. The minimum Gasteiger partial charge on any atom is -0.353 e. The van der Waals surface area contributed by atoms with Gasteiger partial charge in [-0.1, -0.05) is 24.3 Å². The third kappa shape index (κ3) is 1.49. The van der Waals surface area contributed by atoms with E-state index in [1.54, 1.807) is 6.20 Å². The maximum atomic E-state index is 12.5. The quantitative estimate of drug-likeness (QED) is 0.626. The number of hydrogen-bond donors (Lipinski definition) is 2. The average molecular weight is 303 g/mol. The minimum absolute atomic E-state index is 0.224. The van der Waals surface area contributed by atoms with Gasteiger partial charge in [0.2, 0.25) is 11.8 Å². The van der Waals surface area contributed by atoms with Crippen molar-refractivity contribution in [3.05, 3.63) is 53.2 Å². The van der Waals surface area contributed by atoms with Crippen molar-refractivity contribution in [3.8, 4) is 11.4 Å². The highest BCUT2D eigenvalue weighted by Gasteiger charge is 2.49. The number of fused-ring (bicyclic) bond motifs is 8. The van der Waals surface area contributed by atoms with Crippen LogP contribution in [0.2, 0.25) is 0 Å². The van der Waals surface area contributed by atoms with E-state index in [4.69, 9.17) is 0 Å². The summed E-state index contributed by atoms with van der Waals surface area (Å²) in [7, 11) is 0. The first kappa shape index (κ1) is 12.6. The van der Waals surface area contributed by atoms with Gasteiger partial charge >= 0.3 is 0 Å². The molecule has 23 heavy (non-hydrogen) atoms. The van der Waals surface area contributed by atoms with Gasteiger partial charge in [0.1, 0.15) is 0 Å². The number of carbonyl (C=O) groups is 2. The van der Waals surface area contributed by atoms with Crippen molar-refractivity contribution in [2.45, 2.75) is 18.8 Å². The summed E-state index contributed by atoms with van der Waals surface area (Å²) < 4.78 is 0. The van der Waals surface area contributed by atoms with Crippen LogP contribution in [0.1, 0.15) is 28.5 Å². The van der Waals surface area contributed by atoms with E-state index in [2.05, 4.69) is 15.3 Å². The number of rotatable bonds is 0. The first-order valence-corrected chi connectivity index (χ1v) is 7.57. The van der Waals surface area contributed by atoms with Crippen molar-refractivity contribution in [1.29, 1.82) is 0 Å². The number of aryl methyl sites for hydroxylation is 1. The number of imide groups is 1. The summed E-state index contributed by atoms with van der Waals surface area (Å²) >= 11 is 0. The molecule has 0 saturated carbocycles. The Morgan fingerprint density at radius 3 is 2.74 bits per heavy atom. The van der Waals surface area contributed by atoms with Crippen LogP contribution in [0.5, 0.6) is 0 Å². The van der Waals surface area contributed by atoms with Gasteiger partial charge < -0.3 is 4.98 Å². The minimum atomic E-state index is -0.489. The summed E-state index contributed by atoms with van der Waals surface area (Å²) in [6.45, 7) is 1.94. The fourth-order valence-corrected chi connectivity index (χ4v) is 3.91. The maximum Gasteiger partial charge on any atom is 0.235 e. The zero-order valence-corrected chi connectivity index (χ0v) is 12.4. The van der Waals surface area contributed by atoms with Crippen molar-refractivity contribution >= 4 is 22.7 Å². The molecule has 112 valence electrons. The molecule has 1 aromatic carbocycles. The number of hydrogen-bond acceptors (Lipinski definition) is 3. The average Bonchev–Trinajstić information content (AvgIpc) is 3.05. The van der Waals surface area contributed by atoms with E-state index in [0.29, 0.717) is 0 Å². The van der Waals surface area contributed by atoms with Crippen LogP contribution in [-0.4, -0.2) is 21.8 Å². The van der Waals surface area contributed by atoms with Gasteiger partial charge in [0.15, 0.2) is 0 Å². The molecule has 3 heterocycles. The van der Waals surface area contributed by atoms with E-state index in [0.717, 1.165) is 39.0 Å². The predicted molar refractivity (Wildman–Crippen MR) is 84.9 cm³/mol. The second-order valence-corrected chi connectivity index (χ2v) is 6.22. The summed E-state index contributed by atoms with van der Waals surface area (Å²) in [6.07, 6.45) is 1.79. The van der Waals surface area contributed by atoms with E-state index in [1.165, 1.54) is 0 Å². The molecular formula is C18H13N3O2. The number of para-hydroxylation sites is 1. The van der Waals surface area contributed by atoms with Gasteiger partial charge in [-0.05, 0) is 24.1 Å². The number of benzene rings is 1. The molecule has 0 bridgehead atoms. The fraction of sp³-hybridized carbons (Fsp3) is 0.167. The highest BCUT2D eigenvalue weighted by Crippen LogP contribution is 2.50.